The average Bonchev–Trinajstić information content (AvgIpc) is 2.57. The van der Waals surface area contributed by atoms with E-state index < -0.39 is 0 Å². The normalized spacial score (nSPS) is 17.8. The third-order valence-corrected chi connectivity index (χ3v) is 2.88. The van der Waals surface area contributed by atoms with Gasteiger partial charge in [-0.05, 0) is 26.2 Å². The highest BCUT2D eigenvalue weighted by molar-refractivity contribution is 5.84. The minimum Gasteiger partial charge on any atom is -0.369 e. The smallest absolute Gasteiger partial charge is 0.0967 e. The average molecular weight is 168 g/mol. The Bertz CT molecular complexity index is 169. The first kappa shape index (κ1) is 9.56. The van der Waals surface area contributed by atoms with Crippen molar-refractivity contribution in [1.29, 1.82) is 0 Å². The topological polar surface area (TPSA) is 24.4 Å². The van der Waals surface area contributed by atoms with Gasteiger partial charge in [-0.2, -0.15) is 0 Å². The maximum absolute atomic E-state index is 4.42. The zero-order valence-corrected chi connectivity index (χ0v) is 8.48. The standard InChI is InChI=1S/C10H20N2/c1-4-10(3,5-2)12-9-7-6-8-11-9/h4-8H2,1-3H3,(H,11,12). The Hall–Kier alpha value is -0.530. The minimum atomic E-state index is 0.267. The van der Waals surface area contributed by atoms with Crippen LogP contribution in [0.4, 0.5) is 0 Å². The van der Waals surface area contributed by atoms with Crippen LogP contribution in [0.1, 0.15) is 46.5 Å². The van der Waals surface area contributed by atoms with Crippen LogP contribution in [0, 0.1) is 0 Å². The van der Waals surface area contributed by atoms with E-state index in [9.17, 15) is 0 Å². The van der Waals surface area contributed by atoms with Gasteiger partial charge in [0.15, 0.2) is 0 Å². The molecule has 12 heavy (non-hydrogen) atoms. The lowest BCUT2D eigenvalue weighted by Gasteiger charge is -2.29. The Morgan fingerprint density at radius 2 is 2.08 bits per heavy atom. The van der Waals surface area contributed by atoms with Crippen molar-refractivity contribution in [3.05, 3.63) is 0 Å². The third kappa shape index (κ3) is 2.23. The van der Waals surface area contributed by atoms with E-state index in [0.29, 0.717) is 0 Å². The molecule has 0 amide bonds. The predicted molar refractivity (Wildman–Crippen MR) is 53.7 cm³/mol. The lowest BCUT2D eigenvalue weighted by molar-refractivity contribution is 0.387. The van der Waals surface area contributed by atoms with E-state index in [-0.39, 0.29) is 5.54 Å². The second-order valence-corrected chi connectivity index (χ2v) is 3.82. The third-order valence-electron chi connectivity index (χ3n) is 2.88. The van der Waals surface area contributed by atoms with Crippen LogP contribution < -0.4 is 5.32 Å². The molecule has 0 saturated carbocycles. The molecule has 2 heteroatoms. The Morgan fingerprint density at radius 3 is 2.50 bits per heavy atom. The molecule has 0 unspecified atom stereocenters. The van der Waals surface area contributed by atoms with Crippen molar-refractivity contribution in [2.24, 2.45) is 4.99 Å². The van der Waals surface area contributed by atoms with Crippen molar-refractivity contribution < 1.29 is 0 Å². The summed E-state index contributed by atoms with van der Waals surface area (Å²) in [5, 5.41) is 3.54. The van der Waals surface area contributed by atoms with E-state index in [1.807, 2.05) is 0 Å². The Kier molecular flexibility index (Phi) is 3.12. The fourth-order valence-electron chi connectivity index (χ4n) is 1.42. The maximum atomic E-state index is 4.42. The van der Waals surface area contributed by atoms with Gasteiger partial charge in [0, 0.05) is 18.5 Å². The van der Waals surface area contributed by atoms with Gasteiger partial charge in [0.25, 0.3) is 0 Å². The van der Waals surface area contributed by atoms with Crippen LogP contribution in [0.2, 0.25) is 0 Å². The number of hydrogen-bond acceptors (Lipinski definition) is 2. The Balaban J connectivity index is 2.46. The van der Waals surface area contributed by atoms with E-state index in [4.69, 9.17) is 0 Å². The molecular formula is C10H20N2. The Labute approximate surface area is 75.5 Å². The van der Waals surface area contributed by atoms with Crippen molar-refractivity contribution in [2.75, 3.05) is 6.54 Å². The van der Waals surface area contributed by atoms with E-state index in [2.05, 4.69) is 31.1 Å². The summed E-state index contributed by atoms with van der Waals surface area (Å²) < 4.78 is 0. The number of nitrogens with zero attached hydrogens (tertiary/aromatic N) is 1. The molecule has 1 N–H and O–H groups in total. The molecule has 0 bridgehead atoms. The van der Waals surface area contributed by atoms with Gasteiger partial charge in [-0.3, -0.25) is 4.99 Å². The zero-order valence-electron chi connectivity index (χ0n) is 8.48. The van der Waals surface area contributed by atoms with Crippen LogP contribution in [0.15, 0.2) is 4.99 Å². The van der Waals surface area contributed by atoms with Gasteiger partial charge in [0.1, 0.15) is 0 Å². The summed E-state index contributed by atoms with van der Waals surface area (Å²) in [5.74, 6) is 1.22. The summed E-state index contributed by atoms with van der Waals surface area (Å²) in [4.78, 5) is 4.42. The van der Waals surface area contributed by atoms with Crippen molar-refractivity contribution in [3.63, 3.8) is 0 Å². The summed E-state index contributed by atoms with van der Waals surface area (Å²) in [6.45, 7) is 7.75. The highest BCUT2D eigenvalue weighted by atomic mass is 15.1. The van der Waals surface area contributed by atoms with Crippen molar-refractivity contribution in [1.82, 2.24) is 5.32 Å². The summed E-state index contributed by atoms with van der Waals surface area (Å²) in [6.07, 6.45) is 4.71. The summed E-state index contributed by atoms with van der Waals surface area (Å²) >= 11 is 0. The van der Waals surface area contributed by atoms with Crippen LogP contribution in [0.3, 0.4) is 0 Å². The number of amidine groups is 1. The highest BCUT2D eigenvalue weighted by Crippen LogP contribution is 2.15. The largest absolute Gasteiger partial charge is 0.369 e. The van der Waals surface area contributed by atoms with Crippen LogP contribution in [0.25, 0.3) is 0 Å². The molecule has 1 aliphatic heterocycles. The quantitative estimate of drug-likeness (QED) is 0.687. The van der Waals surface area contributed by atoms with E-state index in [1.54, 1.807) is 0 Å². The first-order valence-corrected chi connectivity index (χ1v) is 5.01. The molecule has 0 spiro atoms. The monoisotopic (exact) mass is 168 g/mol. The summed E-state index contributed by atoms with van der Waals surface area (Å²) in [6, 6.07) is 0. The first-order valence-electron chi connectivity index (χ1n) is 5.01. The lowest BCUT2D eigenvalue weighted by Crippen LogP contribution is -2.44. The zero-order chi connectivity index (χ0) is 9.03. The SMILES string of the molecule is CCC(C)(CC)NC1=NCCC1. The van der Waals surface area contributed by atoms with Gasteiger partial charge < -0.3 is 5.32 Å². The molecule has 0 aliphatic carbocycles. The van der Waals surface area contributed by atoms with Crippen molar-refractivity contribution in [2.45, 2.75) is 52.0 Å². The molecule has 2 nitrogen and oxygen atoms in total. The van der Waals surface area contributed by atoms with Gasteiger partial charge in [-0.15, -0.1) is 0 Å². The number of rotatable bonds is 3. The highest BCUT2D eigenvalue weighted by Gasteiger charge is 2.21. The van der Waals surface area contributed by atoms with Crippen LogP contribution in [0.5, 0.6) is 0 Å². The minimum absolute atomic E-state index is 0.267. The first-order chi connectivity index (χ1) is 5.70. The van der Waals surface area contributed by atoms with Gasteiger partial charge in [-0.25, -0.2) is 0 Å². The fourth-order valence-corrected chi connectivity index (χ4v) is 1.42. The van der Waals surface area contributed by atoms with Gasteiger partial charge in [-0.1, -0.05) is 13.8 Å². The van der Waals surface area contributed by atoms with Gasteiger partial charge in [0.2, 0.25) is 0 Å². The van der Waals surface area contributed by atoms with E-state index >= 15 is 0 Å². The molecule has 0 atom stereocenters. The fraction of sp³-hybridized carbons (Fsp3) is 0.900. The molecule has 1 rings (SSSR count). The van der Waals surface area contributed by atoms with Crippen LogP contribution in [-0.4, -0.2) is 17.9 Å². The van der Waals surface area contributed by atoms with Crippen LogP contribution in [-0.2, 0) is 0 Å². The molecule has 0 aromatic heterocycles. The van der Waals surface area contributed by atoms with Gasteiger partial charge >= 0.3 is 0 Å². The lowest BCUT2D eigenvalue weighted by atomic mass is 9.95. The van der Waals surface area contributed by atoms with E-state index in [0.717, 1.165) is 13.0 Å². The molecular weight excluding hydrogens is 148 g/mol. The number of aliphatic imine (C=N–C) groups is 1. The molecule has 0 fully saturated rings. The summed E-state index contributed by atoms with van der Waals surface area (Å²) in [5.41, 5.74) is 0.267. The molecule has 70 valence electrons. The maximum Gasteiger partial charge on any atom is 0.0967 e. The van der Waals surface area contributed by atoms with Gasteiger partial charge in [0.05, 0.1) is 5.84 Å². The molecule has 0 radical (unpaired) electrons. The second-order valence-electron chi connectivity index (χ2n) is 3.82. The second kappa shape index (κ2) is 3.92. The van der Waals surface area contributed by atoms with Crippen molar-refractivity contribution >= 4 is 5.84 Å². The molecule has 0 aromatic rings. The number of nitrogens with one attached hydrogen (secondary N) is 1. The molecule has 1 aliphatic rings. The molecule has 0 aromatic carbocycles. The predicted octanol–water partition coefficient (Wildman–Crippen LogP) is 2.35. The van der Waals surface area contributed by atoms with Crippen molar-refractivity contribution in [3.8, 4) is 0 Å². The number of hydrogen-bond donors (Lipinski definition) is 1. The summed E-state index contributed by atoms with van der Waals surface area (Å²) in [7, 11) is 0. The molecule has 0 saturated heterocycles. The van der Waals surface area contributed by atoms with Crippen LogP contribution >= 0.6 is 0 Å². The van der Waals surface area contributed by atoms with E-state index in [1.165, 1.54) is 25.1 Å². The molecule has 1 heterocycles. The Morgan fingerprint density at radius 1 is 1.42 bits per heavy atom.